The van der Waals surface area contributed by atoms with Crippen molar-refractivity contribution in [2.24, 2.45) is 0 Å². The van der Waals surface area contributed by atoms with Crippen molar-refractivity contribution in [3.05, 3.63) is 27.5 Å². The maximum Gasteiger partial charge on any atom is 0.354 e. The van der Waals surface area contributed by atoms with Crippen molar-refractivity contribution in [3.63, 3.8) is 0 Å². The fourth-order valence-corrected chi connectivity index (χ4v) is 1.31. The Morgan fingerprint density at radius 3 is 2.58 bits per heavy atom. The van der Waals surface area contributed by atoms with Gasteiger partial charge in [-0.25, -0.2) is 9.78 Å². The average molecular weight is 230 g/mol. The highest BCUT2D eigenvalue weighted by molar-refractivity contribution is 9.10. The van der Waals surface area contributed by atoms with Crippen LogP contribution in [0, 0.1) is 13.8 Å². The van der Waals surface area contributed by atoms with Gasteiger partial charge in [0.2, 0.25) is 0 Å². The highest BCUT2D eigenvalue weighted by Crippen LogP contribution is 2.18. The zero-order valence-corrected chi connectivity index (χ0v) is 8.34. The van der Waals surface area contributed by atoms with Crippen molar-refractivity contribution in [2.45, 2.75) is 13.8 Å². The largest absolute Gasteiger partial charge is 0.477 e. The summed E-state index contributed by atoms with van der Waals surface area (Å²) in [7, 11) is 0. The molecule has 0 aliphatic heterocycles. The smallest absolute Gasteiger partial charge is 0.354 e. The number of hydrogen-bond donors (Lipinski definition) is 1. The van der Waals surface area contributed by atoms with Gasteiger partial charge in [0.15, 0.2) is 0 Å². The molecule has 0 saturated carbocycles. The second-order valence-electron chi connectivity index (χ2n) is 2.50. The van der Waals surface area contributed by atoms with Crippen LogP contribution in [0.4, 0.5) is 0 Å². The first kappa shape index (κ1) is 9.19. The number of aryl methyl sites for hydroxylation is 1. The topological polar surface area (TPSA) is 50.2 Å². The van der Waals surface area contributed by atoms with Gasteiger partial charge in [-0.2, -0.15) is 0 Å². The van der Waals surface area contributed by atoms with Gasteiger partial charge in [-0.05, 0) is 25.5 Å². The van der Waals surface area contributed by atoms with Crippen molar-refractivity contribution in [1.29, 1.82) is 0 Å². The molecule has 1 N–H and O–H groups in total. The Labute approximate surface area is 78.6 Å². The minimum absolute atomic E-state index is 0.0741. The molecule has 3 nitrogen and oxygen atoms in total. The minimum Gasteiger partial charge on any atom is -0.477 e. The van der Waals surface area contributed by atoms with Crippen LogP contribution < -0.4 is 0 Å². The van der Waals surface area contributed by atoms with Gasteiger partial charge in [0.05, 0.1) is 0 Å². The molecular weight excluding hydrogens is 222 g/mol. The normalized spacial score (nSPS) is 9.92. The van der Waals surface area contributed by atoms with Crippen LogP contribution >= 0.6 is 15.9 Å². The van der Waals surface area contributed by atoms with Crippen molar-refractivity contribution in [1.82, 2.24) is 4.98 Å². The lowest BCUT2D eigenvalue weighted by Gasteiger charge is -2.02. The molecule has 0 aromatic carbocycles. The molecule has 1 aromatic rings. The molecule has 0 aliphatic rings. The van der Waals surface area contributed by atoms with E-state index in [0.717, 1.165) is 15.7 Å². The quantitative estimate of drug-likeness (QED) is 0.804. The van der Waals surface area contributed by atoms with Gasteiger partial charge in [0, 0.05) is 10.2 Å². The van der Waals surface area contributed by atoms with Gasteiger partial charge in [0.25, 0.3) is 0 Å². The molecule has 1 heterocycles. The Bertz CT molecular complexity index is 313. The molecule has 0 spiro atoms. The first-order valence-corrected chi connectivity index (χ1v) is 4.18. The van der Waals surface area contributed by atoms with E-state index in [1.807, 2.05) is 6.92 Å². The third kappa shape index (κ3) is 1.64. The van der Waals surface area contributed by atoms with E-state index in [9.17, 15) is 4.79 Å². The Morgan fingerprint density at radius 2 is 2.17 bits per heavy atom. The van der Waals surface area contributed by atoms with Gasteiger partial charge in [0.1, 0.15) is 5.69 Å². The monoisotopic (exact) mass is 229 g/mol. The molecule has 0 aliphatic carbocycles. The molecule has 0 fully saturated rings. The Kier molecular flexibility index (Phi) is 2.47. The molecular formula is C8H8BrNO2. The maximum absolute atomic E-state index is 10.5. The van der Waals surface area contributed by atoms with E-state index in [4.69, 9.17) is 5.11 Å². The summed E-state index contributed by atoms with van der Waals surface area (Å²) in [4.78, 5) is 14.4. The summed E-state index contributed by atoms with van der Waals surface area (Å²) < 4.78 is 0.785. The molecule has 4 heteroatoms. The molecule has 0 saturated heterocycles. The summed E-state index contributed by atoms with van der Waals surface area (Å²) in [6, 6.07) is 1.50. The Morgan fingerprint density at radius 1 is 1.58 bits per heavy atom. The molecule has 0 atom stereocenters. The minimum atomic E-state index is -1.00. The van der Waals surface area contributed by atoms with E-state index in [1.54, 1.807) is 6.92 Å². The number of halogens is 1. The Balaban J connectivity index is 3.31. The lowest BCUT2D eigenvalue weighted by atomic mass is 10.2. The van der Waals surface area contributed by atoms with Crippen LogP contribution in [0.2, 0.25) is 0 Å². The van der Waals surface area contributed by atoms with Crippen LogP contribution in [0.15, 0.2) is 10.5 Å². The maximum atomic E-state index is 10.5. The zero-order valence-electron chi connectivity index (χ0n) is 6.76. The number of carboxylic acids is 1. The van der Waals surface area contributed by atoms with E-state index < -0.39 is 5.97 Å². The van der Waals surface area contributed by atoms with Crippen molar-refractivity contribution < 1.29 is 9.90 Å². The predicted molar refractivity (Wildman–Crippen MR) is 48.4 cm³/mol. The fourth-order valence-electron chi connectivity index (χ4n) is 0.807. The van der Waals surface area contributed by atoms with Crippen LogP contribution in [-0.2, 0) is 0 Å². The summed E-state index contributed by atoms with van der Waals surface area (Å²) in [6.07, 6.45) is 0. The van der Waals surface area contributed by atoms with Gasteiger partial charge < -0.3 is 5.11 Å². The van der Waals surface area contributed by atoms with E-state index >= 15 is 0 Å². The lowest BCUT2D eigenvalue weighted by Crippen LogP contribution is -2.02. The number of nitrogens with zero attached hydrogens (tertiary/aromatic N) is 1. The van der Waals surface area contributed by atoms with Crippen molar-refractivity contribution >= 4 is 21.9 Å². The molecule has 0 bridgehead atoms. The molecule has 12 heavy (non-hydrogen) atoms. The second kappa shape index (κ2) is 3.23. The first-order chi connectivity index (χ1) is 5.52. The van der Waals surface area contributed by atoms with Gasteiger partial charge in [-0.1, -0.05) is 15.9 Å². The number of carboxylic acid groups (broad SMARTS) is 1. The van der Waals surface area contributed by atoms with E-state index in [2.05, 4.69) is 20.9 Å². The standard InChI is InChI=1S/C8H8BrNO2/c1-4-5(2)10-7(8(11)12)3-6(4)9/h3H,1-2H3,(H,11,12). The third-order valence-electron chi connectivity index (χ3n) is 1.67. The summed E-state index contributed by atoms with van der Waals surface area (Å²) in [5, 5.41) is 8.64. The molecule has 0 radical (unpaired) electrons. The molecule has 1 rings (SSSR count). The summed E-state index contributed by atoms with van der Waals surface area (Å²) in [5.74, 6) is -1.00. The first-order valence-electron chi connectivity index (χ1n) is 3.39. The highest BCUT2D eigenvalue weighted by atomic mass is 79.9. The highest BCUT2D eigenvalue weighted by Gasteiger charge is 2.08. The second-order valence-corrected chi connectivity index (χ2v) is 3.36. The zero-order chi connectivity index (χ0) is 9.30. The number of hydrogen-bond acceptors (Lipinski definition) is 2. The summed E-state index contributed by atoms with van der Waals surface area (Å²) in [5.41, 5.74) is 1.78. The van der Waals surface area contributed by atoms with Crippen LogP contribution in [0.25, 0.3) is 0 Å². The van der Waals surface area contributed by atoms with E-state index in [-0.39, 0.29) is 5.69 Å². The van der Waals surface area contributed by atoms with Gasteiger partial charge in [-0.15, -0.1) is 0 Å². The van der Waals surface area contributed by atoms with Gasteiger partial charge >= 0.3 is 5.97 Å². The number of pyridine rings is 1. The summed E-state index contributed by atoms with van der Waals surface area (Å²) >= 11 is 3.26. The number of aromatic carboxylic acids is 1. The lowest BCUT2D eigenvalue weighted by molar-refractivity contribution is 0.0690. The Hall–Kier alpha value is -0.900. The van der Waals surface area contributed by atoms with Crippen LogP contribution in [0.1, 0.15) is 21.7 Å². The van der Waals surface area contributed by atoms with Crippen LogP contribution in [0.5, 0.6) is 0 Å². The average Bonchev–Trinajstić information content (AvgIpc) is 1.99. The number of rotatable bonds is 1. The SMILES string of the molecule is Cc1nc(C(=O)O)cc(Br)c1C. The fraction of sp³-hybridized carbons (Fsp3) is 0.250. The van der Waals surface area contributed by atoms with E-state index in [0.29, 0.717) is 0 Å². The number of aromatic nitrogens is 1. The summed E-state index contributed by atoms with van der Waals surface area (Å²) in [6.45, 7) is 3.67. The number of carbonyl (C=O) groups is 1. The van der Waals surface area contributed by atoms with Crippen molar-refractivity contribution in [3.8, 4) is 0 Å². The van der Waals surface area contributed by atoms with Crippen molar-refractivity contribution in [2.75, 3.05) is 0 Å². The molecule has 64 valence electrons. The predicted octanol–water partition coefficient (Wildman–Crippen LogP) is 2.16. The van der Waals surface area contributed by atoms with Gasteiger partial charge in [-0.3, -0.25) is 0 Å². The van der Waals surface area contributed by atoms with E-state index in [1.165, 1.54) is 6.07 Å². The molecule has 0 amide bonds. The van der Waals surface area contributed by atoms with Crippen LogP contribution in [-0.4, -0.2) is 16.1 Å². The van der Waals surface area contributed by atoms with Crippen LogP contribution in [0.3, 0.4) is 0 Å². The third-order valence-corrected chi connectivity index (χ3v) is 2.50. The molecule has 0 unspecified atom stereocenters. The molecule has 1 aromatic heterocycles.